The van der Waals surface area contributed by atoms with Gasteiger partial charge in [-0.05, 0) is 23.8 Å². The van der Waals surface area contributed by atoms with Gasteiger partial charge in [-0.1, -0.05) is 0 Å². The molecule has 1 aromatic rings. The van der Waals surface area contributed by atoms with Crippen LogP contribution in [0.15, 0.2) is 18.2 Å². The van der Waals surface area contributed by atoms with E-state index in [4.69, 9.17) is 19.3 Å². The van der Waals surface area contributed by atoms with Crippen LogP contribution in [0, 0.1) is 0 Å². The van der Waals surface area contributed by atoms with E-state index in [2.05, 4.69) is 5.32 Å². The first-order chi connectivity index (χ1) is 9.65. The van der Waals surface area contributed by atoms with Crippen molar-refractivity contribution in [3.8, 4) is 17.2 Å². The predicted molar refractivity (Wildman–Crippen MR) is 75.2 cm³/mol. The highest BCUT2D eigenvalue weighted by atomic mass is 16.5. The normalized spacial score (nSPS) is 10.4. The maximum atomic E-state index is 11.4. The monoisotopic (exact) mass is 281 g/mol. The van der Waals surface area contributed by atoms with Gasteiger partial charge in [-0.3, -0.25) is 4.79 Å². The fourth-order valence-electron chi connectivity index (χ4n) is 1.61. The van der Waals surface area contributed by atoms with Crippen molar-refractivity contribution in [2.24, 2.45) is 0 Å². The molecule has 0 saturated heterocycles. The maximum absolute atomic E-state index is 11.4. The molecule has 1 amide bonds. The van der Waals surface area contributed by atoms with Crippen molar-refractivity contribution >= 4 is 12.0 Å². The molecular formula is C14H19NO5. The maximum Gasteiger partial charge on any atom is 0.244 e. The number of nitrogens with one attached hydrogen (secondary N) is 1. The second-order valence-corrected chi connectivity index (χ2v) is 3.81. The molecule has 0 radical (unpaired) electrons. The van der Waals surface area contributed by atoms with E-state index in [0.717, 1.165) is 5.56 Å². The van der Waals surface area contributed by atoms with Crippen molar-refractivity contribution in [1.29, 1.82) is 0 Å². The molecule has 1 aromatic carbocycles. The number of carbonyl (C=O) groups is 1. The van der Waals surface area contributed by atoms with E-state index in [1.165, 1.54) is 27.4 Å². The van der Waals surface area contributed by atoms with Crippen molar-refractivity contribution in [2.45, 2.75) is 0 Å². The lowest BCUT2D eigenvalue weighted by atomic mass is 10.1. The van der Waals surface area contributed by atoms with Crippen LogP contribution in [0.3, 0.4) is 0 Å². The minimum atomic E-state index is -0.284. The van der Waals surface area contributed by atoms with E-state index in [1.807, 2.05) is 0 Å². The summed E-state index contributed by atoms with van der Waals surface area (Å²) in [5, 5.41) is 11.1. The molecule has 0 aromatic heterocycles. The molecule has 0 unspecified atom stereocenters. The Labute approximate surface area is 118 Å². The second-order valence-electron chi connectivity index (χ2n) is 3.81. The van der Waals surface area contributed by atoms with Crippen LogP contribution in [0.25, 0.3) is 6.08 Å². The minimum Gasteiger partial charge on any atom is -0.493 e. The van der Waals surface area contributed by atoms with Crippen molar-refractivity contribution in [1.82, 2.24) is 5.32 Å². The van der Waals surface area contributed by atoms with Gasteiger partial charge in [0.1, 0.15) is 0 Å². The molecule has 0 fully saturated rings. The van der Waals surface area contributed by atoms with Gasteiger partial charge in [0, 0.05) is 12.6 Å². The fraction of sp³-hybridized carbons (Fsp3) is 0.357. The number of amides is 1. The van der Waals surface area contributed by atoms with Crippen molar-refractivity contribution < 1.29 is 24.1 Å². The lowest BCUT2D eigenvalue weighted by Crippen LogP contribution is -2.24. The molecule has 1 rings (SSSR count). The first-order valence-electron chi connectivity index (χ1n) is 6.03. The molecule has 6 nitrogen and oxygen atoms in total. The van der Waals surface area contributed by atoms with Crippen LogP contribution >= 0.6 is 0 Å². The van der Waals surface area contributed by atoms with Crippen molar-refractivity contribution in [3.63, 3.8) is 0 Å². The molecule has 0 bridgehead atoms. The lowest BCUT2D eigenvalue weighted by molar-refractivity contribution is -0.116. The SMILES string of the molecule is COc1cc(C=CC(=O)NCCO)cc(OC)c1OC. The van der Waals surface area contributed by atoms with Gasteiger partial charge in [-0.25, -0.2) is 0 Å². The van der Waals surface area contributed by atoms with Crippen LogP contribution in [0.5, 0.6) is 17.2 Å². The summed E-state index contributed by atoms with van der Waals surface area (Å²) in [5.41, 5.74) is 0.735. The van der Waals surface area contributed by atoms with Gasteiger partial charge in [0.15, 0.2) is 11.5 Å². The highest BCUT2D eigenvalue weighted by Crippen LogP contribution is 2.38. The number of rotatable bonds is 7. The summed E-state index contributed by atoms with van der Waals surface area (Å²) in [6, 6.07) is 3.47. The summed E-state index contributed by atoms with van der Waals surface area (Å²) in [5.74, 6) is 1.24. The van der Waals surface area contributed by atoms with Gasteiger partial charge in [0.25, 0.3) is 0 Å². The number of methoxy groups -OCH3 is 3. The van der Waals surface area contributed by atoms with E-state index in [9.17, 15) is 4.79 Å². The molecule has 6 heteroatoms. The topological polar surface area (TPSA) is 77.0 Å². The van der Waals surface area contributed by atoms with E-state index in [-0.39, 0.29) is 19.1 Å². The summed E-state index contributed by atoms with van der Waals surface area (Å²) < 4.78 is 15.6. The van der Waals surface area contributed by atoms with Gasteiger partial charge in [-0.2, -0.15) is 0 Å². The highest BCUT2D eigenvalue weighted by Gasteiger charge is 2.12. The molecule has 0 saturated carbocycles. The number of ether oxygens (including phenoxy) is 3. The molecule has 0 aliphatic rings. The average molecular weight is 281 g/mol. The van der Waals surface area contributed by atoms with E-state index in [1.54, 1.807) is 18.2 Å². The standard InChI is InChI=1S/C14H19NO5/c1-18-11-8-10(4-5-13(17)15-6-7-16)9-12(19-2)14(11)20-3/h4-5,8-9,16H,6-7H2,1-3H3,(H,15,17). The molecule has 0 spiro atoms. The van der Waals surface area contributed by atoms with Crippen LogP contribution < -0.4 is 19.5 Å². The fourth-order valence-corrected chi connectivity index (χ4v) is 1.61. The minimum absolute atomic E-state index is 0.0935. The quantitative estimate of drug-likeness (QED) is 0.724. The average Bonchev–Trinajstić information content (AvgIpc) is 2.49. The highest BCUT2D eigenvalue weighted by molar-refractivity contribution is 5.91. The van der Waals surface area contributed by atoms with Gasteiger partial charge >= 0.3 is 0 Å². The van der Waals surface area contributed by atoms with Crippen LogP contribution in [0.2, 0.25) is 0 Å². The molecule has 0 aliphatic carbocycles. The molecule has 20 heavy (non-hydrogen) atoms. The second kappa shape index (κ2) is 8.06. The zero-order valence-corrected chi connectivity index (χ0v) is 11.8. The summed E-state index contributed by atoms with van der Waals surface area (Å²) in [4.78, 5) is 11.4. The number of carbonyl (C=O) groups excluding carboxylic acids is 1. The van der Waals surface area contributed by atoms with Crippen LogP contribution in [-0.2, 0) is 4.79 Å². The van der Waals surface area contributed by atoms with Crippen LogP contribution in [0.1, 0.15) is 5.56 Å². The molecule has 0 heterocycles. The zero-order chi connectivity index (χ0) is 15.0. The van der Waals surface area contributed by atoms with Gasteiger partial charge in [-0.15, -0.1) is 0 Å². The van der Waals surface area contributed by atoms with Crippen molar-refractivity contribution in [3.05, 3.63) is 23.8 Å². The molecule has 0 atom stereocenters. The lowest BCUT2D eigenvalue weighted by Gasteiger charge is -2.12. The van der Waals surface area contributed by atoms with Crippen molar-refractivity contribution in [2.75, 3.05) is 34.5 Å². The molecule has 2 N–H and O–H groups in total. The third-order valence-corrected chi connectivity index (χ3v) is 2.53. The van der Waals surface area contributed by atoms with Crippen LogP contribution in [0.4, 0.5) is 0 Å². The third-order valence-electron chi connectivity index (χ3n) is 2.53. The predicted octanol–water partition coefficient (Wildman–Crippen LogP) is 0.834. The van der Waals surface area contributed by atoms with Gasteiger partial charge < -0.3 is 24.6 Å². The molecule has 110 valence electrons. The van der Waals surface area contributed by atoms with E-state index in [0.29, 0.717) is 17.2 Å². The smallest absolute Gasteiger partial charge is 0.244 e. The molecule has 0 aliphatic heterocycles. The number of benzene rings is 1. The Kier molecular flexibility index (Phi) is 6.39. The van der Waals surface area contributed by atoms with Gasteiger partial charge in [0.05, 0.1) is 27.9 Å². The molecular weight excluding hydrogens is 262 g/mol. The number of aliphatic hydroxyl groups is 1. The Bertz CT molecular complexity index is 459. The van der Waals surface area contributed by atoms with Crippen LogP contribution in [-0.4, -0.2) is 45.5 Å². The summed E-state index contributed by atoms with van der Waals surface area (Å²) >= 11 is 0. The summed E-state index contributed by atoms with van der Waals surface area (Å²) in [7, 11) is 4.58. The third kappa shape index (κ3) is 4.17. The number of hydrogen-bond acceptors (Lipinski definition) is 5. The summed E-state index contributed by atoms with van der Waals surface area (Å²) in [6.45, 7) is 0.127. The van der Waals surface area contributed by atoms with E-state index < -0.39 is 0 Å². The van der Waals surface area contributed by atoms with Gasteiger partial charge in [0.2, 0.25) is 11.7 Å². The summed E-state index contributed by atoms with van der Waals surface area (Å²) in [6.07, 6.45) is 2.99. The number of hydrogen-bond donors (Lipinski definition) is 2. The number of aliphatic hydroxyl groups excluding tert-OH is 1. The Balaban J connectivity index is 2.96. The largest absolute Gasteiger partial charge is 0.493 e. The Hall–Kier alpha value is -2.21. The Morgan fingerprint density at radius 3 is 2.25 bits per heavy atom. The Morgan fingerprint density at radius 2 is 1.80 bits per heavy atom. The zero-order valence-electron chi connectivity index (χ0n) is 11.8. The first kappa shape index (κ1) is 15.8. The Morgan fingerprint density at radius 1 is 1.20 bits per heavy atom. The van der Waals surface area contributed by atoms with E-state index >= 15 is 0 Å². The first-order valence-corrected chi connectivity index (χ1v) is 6.03.